The number of rotatable bonds is 5. The number of ether oxygens (including phenoxy) is 1. The van der Waals surface area contributed by atoms with E-state index in [1.165, 1.54) is 5.56 Å². The maximum absolute atomic E-state index is 12.7. The van der Waals surface area contributed by atoms with E-state index in [1.54, 1.807) is 11.1 Å². The normalized spacial score (nSPS) is 20.3. The molecule has 0 bridgehead atoms. The summed E-state index contributed by atoms with van der Waals surface area (Å²) in [7, 11) is 0. The van der Waals surface area contributed by atoms with Gasteiger partial charge in [-0.2, -0.15) is 5.10 Å². The second-order valence-corrected chi connectivity index (χ2v) is 8.17. The number of anilines is 2. The molecule has 3 heterocycles. The number of amides is 2. The van der Waals surface area contributed by atoms with Crippen LogP contribution in [0.25, 0.3) is 0 Å². The van der Waals surface area contributed by atoms with Crippen molar-refractivity contribution in [3.05, 3.63) is 41.7 Å². The maximum Gasteiger partial charge on any atom is 0.229 e. The minimum Gasteiger partial charge on any atom is -0.381 e. The van der Waals surface area contributed by atoms with Crippen molar-refractivity contribution < 1.29 is 14.3 Å². The molecule has 2 amide bonds. The summed E-state index contributed by atoms with van der Waals surface area (Å²) in [4.78, 5) is 26.9. The van der Waals surface area contributed by atoms with Crippen LogP contribution in [0.4, 0.5) is 11.4 Å². The lowest BCUT2D eigenvalue weighted by atomic mass is 10.0. The highest BCUT2D eigenvalue weighted by atomic mass is 16.5. The number of benzene rings is 1. The molecule has 1 N–H and O–H groups in total. The van der Waals surface area contributed by atoms with E-state index in [4.69, 9.17) is 4.74 Å². The van der Waals surface area contributed by atoms with Crippen LogP contribution < -0.4 is 10.2 Å². The zero-order valence-corrected chi connectivity index (χ0v) is 17.1. The van der Waals surface area contributed by atoms with Crippen LogP contribution in [0.15, 0.2) is 30.6 Å². The van der Waals surface area contributed by atoms with Gasteiger partial charge in [-0.25, -0.2) is 0 Å². The Labute approximate surface area is 171 Å². The third-order valence-corrected chi connectivity index (χ3v) is 5.98. The summed E-state index contributed by atoms with van der Waals surface area (Å²) >= 11 is 0. The van der Waals surface area contributed by atoms with Crippen molar-refractivity contribution in [3.63, 3.8) is 0 Å². The zero-order valence-electron chi connectivity index (χ0n) is 17.1. The number of carbonyl (C=O) groups is 2. The van der Waals surface area contributed by atoms with Crippen LogP contribution in [0.1, 0.15) is 30.4 Å². The number of aromatic nitrogens is 2. The summed E-state index contributed by atoms with van der Waals surface area (Å²) in [6.07, 6.45) is 5.86. The molecule has 4 rings (SSSR count). The number of hydrogen-bond acceptors (Lipinski definition) is 4. The summed E-state index contributed by atoms with van der Waals surface area (Å²) in [5.41, 5.74) is 3.87. The van der Waals surface area contributed by atoms with E-state index < -0.39 is 0 Å². The standard InChI is InChI=1S/C22H28N4O3/c1-15-3-4-20(9-16(15)2)26-13-18(10-21(26)27)22(28)24-19-11-23-25(14-19)12-17-5-7-29-8-6-17/h3-4,9,11,14,17-18H,5-8,10,12-13H2,1-2H3,(H,24,28)/t18-/m0/s1. The van der Waals surface area contributed by atoms with E-state index in [0.717, 1.165) is 43.9 Å². The van der Waals surface area contributed by atoms with E-state index in [1.807, 2.05) is 42.9 Å². The molecule has 7 nitrogen and oxygen atoms in total. The molecule has 2 aromatic rings. The first-order valence-electron chi connectivity index (χ1n) is 10.3. The number of nitrogens with one attached hydrogen (secondary N) is 1. The largest absolute Gasteiger partial charge is 0.381 e. The summed E-state index contributed by atoms with van der Waals surface area (Å²) < 4.78 is 7.28. The molecule has 0 unspecified atom stereocenters. The molecule has 0 spiro atoms. The van der Waals surface area contributed by atoms with E-state index in [-0.39, 0.29) is 24.2 Å². The molecule has 1 atom stereocenters. The first-order valence-corrected chi connectivity index (χ1v) is 10.3. The van der Waals surface area contributed by atoms with Gasteiger partial charge >= 0.3 is 0 Å². The van der Waals surface area contributed by atoms with Crippen molar-refractivity contribution in [1.82, 2.24) is 9.78 Å². The highest BCUT2D eigenvalue weighted by Gasteiger charge is 2.35. The molecule has 2 aliphatic heterocycles. The number of nitrogens with zero attached hydrogens (tertiary/aromatic N) is 3. The second-order valence-electron chi connectivity index (χ2n) is 8.17. The summed E-state index contributed by atoms with van der Waals surface area (Å²) in [6, 6.07) is 5.97. The number of carbonyl (C=O) groups excluding carboxylic acids is 2. The van der Waals surface area contributed by atoms with Gasteiger partial charge in [0.1, 0.15) is 0 Å². The van der Waals surface area contributed by atoms with Crippen molar-refractivity contribution in [1.29, 1.82) is 0 Å². The highest BCUT2D eigenvalue weighted by Crippen LogP contribution is 2.27. The van der Waals surface area contributed by atoms with Crippen molar-refractivity contribution >= 4 is 23.2 Å². The quantitative estimate of drug-likeness (QED) is 0.843. The Kier molecular flexibility index (Phi) is 5.67. The van der Waals surface area contributed by atoms with Crippen LogP contribution in [0, 0.1) is 25.7 Å². The molecule has 0 aliphatic carbocycles. The lowest BCUT2D eigenvalue weighted by Crippen LogP contribution is -2.28. The first-order chi connectivity index (χ1) is 14.0. The first kappa shape index (κ1) is 19.6. The lowest BCUT2D eigenvalue weighted by Gasteiger charge is -2.21. The Hall–Kier alpha value is -2.67. The van der Waals surface area contributed by atoms with Crippen molar-refractivity contribution in [2.24, 2.45) is 11.8 Å². The van der Waals surface area contributed by atoms with Gasteiger partial charge in [0.25, 0.3) is 0 Å². The van der Waals surface area contributed by atoms with E-state index >= 15 is 0 Å². The molecule has 1 aromatic carbocycles. The van der Waals surface area contributed by atoms with Crippen molar-refractivity contribution in [2.75, 3.05) is 30.0 Å². The SMILES string of the molecule is Cc1ccc(N2C[C@@H](C(=O)Nc3cnn(CC4CCOCC4)c3)CC2=O)cc1C. The fourth-order valence-electron chi connectivity index (χ4n) is 3.99. The maximum atomic E-state index is 12.7. The van der Waals surface area contributed by atoms with E-state index in [0.29, 0.717) is 18.2 Å². The van der Waals surface area contributed by atoms with Gasteiger partial charge in [0.05, 0.1) is 17.8 Å². The zero-order chi connectivity index (χ0) is 20.4. The predicted octanol–water partition coefficient (Wildman–Crippen LogP) is 2.92. The fourth-order valence-corrected chi connectivity index (χ4v) is 3.99. The second kappa shape index (κ2) is 8.37. The van der Waals surface area contributed by atoms with Gasteiger partial charge in [-0.15, -0.1) is 0 Å². The van der Waals surface area contributed by atoms with Crippen LogP contribution in [0.2, 0.25) is 0 Å². The molecule has 154 valence electrons. The fraction of sp³-hybridized carbons (Fsp3) is 0.500. The van der Waals surface area contributed by atoms with E-state index in [2.05, 4.69) is 10.4 Å². The van der Waals surface area contributed by atoms with Crippen LogP contribution in [-0.4, -0.2) is 41.4 Å². The van der Waals surface area contributed by atoms with Gasteiger partial charge in [0.2, 0.25) is 11.8 Å². The molecule has 2 aliphatic rings. The van der Waals surface area contributed by atoms with Gasteiger partial charge < -0.3 is 15.0 Å². The predicted molar refractivity (Wildman–Crippen MR) is 111 cm³/mol. The van der Waals surface area contributed by atoms with Crippen LogP contribution in [0.5, 0.6) is 0 Å². The van der Waals surface area contributed by atoms with Gasteiger partial charge in [0.15, 0.2) is 0 Å². The van der Waals surface area contributed by atoms with E-state index in [9.17, 15) is 9.59 Å². The molecule has 1 aromatic heterocycles. The highest BCUT2D eigenvalue weighted by molar-refractivity contribution is 6.03. The number of aryl methyl sites for hydroxylation is 2. The van der Waals surface area contributed by atoms with Crippen molar-refractivity contribution in [2.45, 2.75) is 39.7 Å². The molecule has 2 fully saturated rings. The van der Waals surface area contributed by atoms with Gasteiger partial charge in [-0.05, 0) is 55.9 Å². The minimum absolute atomic E-state index is 0.0105. The summed E-state index contributed by atoms with van der Waals surface area (Å²) in [5.74, 6) is 0.0630. The third-order valence-electron chi connectivity index (χ3n) is 5.98. The molecular weight excluding hydrogens is 368 g/mol. The minimum atomic E-state index is -0.358. The molecule has 0 saturated carbocycles. The third kappa shape index (κ3) is 4.50. The average molecular weight is 396 g/mol. The smallest absolute Gasteiger partial charge is 0.229 e. The Morgan fingerprint density at radius 2 is 2.03 bits per heavy atom. The topological polar surface area (TPSA) is 76.5 Å². The molecule has 29 heavy (non-hydrogen) atoms. The van der Waals surface area contributed by atoms with Crippen LogP contribution >= 0.6 is 0 Å². The van der Waals surface area contributed by atoms with Gasteiger partial charge in [0, 0.05) is 44.6 Å². The summed E-state index contributed by atoms with van der Waals surface area (Å²) in [5, 5.41) is 7.30. The van der Waals surface area contributed by atoms with Crippen LogP contribution in [-0.2, 0) is 20.9 Å². The van der Waals surface area contributed by atoms with Crippen LogP contribution in [0.3, 0.4) is 0 Å². The lowest BCUT2D eigenvalue weighted by molar-refractivity contribution is -0.122. The molecule has 2 saturated heterocycles. The Bertz CT molecular complexity index is 901. The molecular formula is C22H28N4O3. The number of hydrogen-bond donors (Lipinski definition) is 1. The Morgan fingerprint density at radius 1 is 1.24 bits per heavy atom. The molecule has 0 radical (unpaired) electrons. The Morgan fingerprint density at radius 3 is 2.79 bits per heavy atom. The summed E-state index contributed by atoms with van der Waals surface area (Å²) in [6.45, 7) is 6.93. The monoisotopic (exact) mass is 396 g/mol. The molecule has 7 heteroatoms. The van der Waals surface area contributed by atoms with Crippen molar-refractivity contribution in [3.8, 4) is 0 Å². The van der Waals surface area contributed by atoms with Gasteiger partial charge in [-0.1, -0.05) is 6.07 Å². The van der Waals surface area contributed by atoms with Gasteiger partial charge in [-0.3, -0.25) is 14.3 Å². The average Bonchev–Trinajstić information content (AvgIpc) is 3.31. The Balaban J connectivity index is 1.35.